The SMILES string of the molecule is [CH]=CC1OC(C=Cc2ccccc2)C2C(=O)N(c3ccc(OC(=O)c4cc(C5=C(c6cc(Cl)sc6C)C(F)(F)C(F)(F)C5(F)F)c(C)s4)cc3)C(=O)C12. The lowest BCUT2D eigenvalue weighted by Crippen LogP contribution is -2.48. The predicted molar refractivity (Wildman–Crippen MR) is 189 cm³/mol. The van der Waals surface area contributed by atoms with Gasteiger partial charge in [0.2, 0.25) is 11.8 Å². The first-order valence-electron chi connectivity index (χ1n) is 15.9. The van der Waals surface area contributed by atoms with Gasteiger partial charge in [0, 0.05) is 20.9 Å². The monoisotopic (exact) mass is 788 g/mol. The normalized spacial score (nSPS) is 24.4. The van der Waals surface area contributed by atoms with Crippen molar-refractivity contribution in [2.45, 2.75) is 43.8 Å². The molecule has 4 atom stereocenters. The van der Waals surface area contributed by atoms with Crippen LogP contribution < -0.4 is 9.64 Å². The molecule has 2 aromatic carbocycles. The van der Waals surface area contributed by atoms with Crippen LogP contribution in [0.15, 0.2) is 78.9 Å². The second-order valence-corrected chi connectivity index (χ2v) is 15.7. The van der Waals surface area contributed by atoms with Crippen molar-refractivity contribution in [1.29, 1.82) is 0 Å². The third kappa shape index (κ3) is 5.77. The highest BCUT2D eigenvalue weighted by Crippen LogP contribution is 2.66. The smallest absolute Gasteiger partial charge is 0.380 e. The van der Waals surface area contributed by atoms with Crippen molar-refractivity contribution in [2.75, 3.05) is 4.90 Å². The fourth-order valence-electron chi connectivity index (χ4n) is 6.89. The number of allylic oxidation sites excluding steroid dienone is 2. The molecular weight excluding hydrogens is 764 g/mol. The molecule has 4 aromatic rings. The summed E-state index contributed by atoms with van der Waals surface area (Å²) in [6.45, 7) is 8.30. The summed E-state index contributed by atoms with van der Waals surface area (Å²) >= 11 is 7.28. The second kappa shape index (κ2) is 13.1. The zero-order chi connectivity index (χ0) is 38.2. The number of thiophene rings is 2. The largest absolute Gasteiger partial charge is 0.422 e. The molecule has 0 bridgehead atoms. The number of ether oxygens (including phenoxy) is 2. The number of alkyl halides is 6. The molecule has 53 heavy (non-hydrogen) atoms. The minimum Gasteiger partial charge on any atom is -0.422 e. The average Bonchev–Trinajstić information content (AvgIpc) is 3.86. The summed E-state index contributed by atoms with van der Waals surface area (Å²) in [6.07, 6.45) is 3.14. The maximum atomic E-state index is 15.3. The molecule has 0 spiro atoms. The Labute approximate surface area is 311 Å². The molecule has 2 aliphatic heterocycles. The third-order valence-corrected chi connectivity index (χ3v) is 11.6. The summed E-state index contributed by atoms with van der Waals surface area (Å²) in [7, 11) is 0. The Bertz CT molecular complexity index is 2230. The molecule has 2 fully saturated rings. The molecule has 1 radical (unpaired) electrons. The summed E-state index contributed by atoms with van der Waals surface area (Å²) in [5.41, 5.74) is -3.36. The molecule has 0 saturated carbocycles. The summed E-state index contributed by atoms with van der Waals surface area (Å²) in [5.74, 6) is -20.3. The highest BCUT2D eigenvalue weighted by molar-refractivity contribution is 7.16. The van der Waals surface area contributed by atoms with Crippen LogP contribution >= 0.6 is 34.3 Å². The summed E-state index contributed by atoms with van der Waals surface area (Å²) < 4.78 is 102. The Morgan fingerprint density at radius 3 is 1.98 bits per heavy atom. The first kappa shape index (κ1) is 36.8. The van der Waals surface area contributed by atoms with E-state index in [0.29, 0.717) is 11.3 Å². The van der Waals surface area contributed by atoms with Crippen LogP contribution in [0, 0.1) is 32.3 Å². The lowest BCUT2D eigenvalue weighted by molar-refractivity contribution is -0.254. The number of anilines is 1. The molecule has 1 aliphatic carbocycles. The van der Waals surface area contributed by atoms with Gasteiger partial charge in [0.1, 0.15) is 10.6 Å². The van der Waals surface area contributed by atoms with Gasteiger partial charge in [-0.05, 0) is 66.9 Å². The molecule has 273 valence electrons. The molecule has 4 heterocycles. The van der Waals surface area contributed by atoms with Gasteiger partial charge in [-0.2, -0.15) is 26.3 Å². The van der Waals surface area contributed by atoms with Crippen LogP contribution in [0.25, 0.3) is 17.2 Å². The van der Waals surface area contributed by atoms with E-state index in [1.54, 1.807) is 12.2 Å². The highest BCUT2D eigenvalue weighted by Gasteiger charge is 2.80. The standard InChI is InChI=1S/C38H25ClF6NO5S2/c1-4-25-29-30(26(51-25)15-10-20-8-6-5-7-9-20)34(48)46(33(29)47)21-11-13-22(14-12-21)50-35(49)27-16-23(18(2)52-27)31-32(24-17-28(39)53-19(24)3)37(42,43)38(44,45)36(31,40)41/h1,4-17,25-26,29-30H,2-3H3. The van der Waals surface area contributed by atoms with E-state index in [9.17, 15) is 23.2 Å². The lowest BCUT2D eigenvalue weighted by Gasteiger charge is -2.25. The zero-order valence-corrected chi connectivity index (χ0v) is 29.8. The highest BCUT2D eigenvalue weighted by atomic mass is 35.5. The minimum absolute atomic E-state index is 0.0257. The summed E-state index contributed by atoms with van der Waals surface area (Å²) in [6, 6.07) is 16.3. The summed E-state index contributed by atoms with van der Waals surface area (Å²) in [5, 5.41) is 0. The number of hydrogen-bond donors (Lipinski definition) is 0. The molecule has 2 saturated heterocycles. The van der Waals surface area contributed by atoms with E-state index in [0.717, 1.165) is 33.9 Å². The number of nitrogens with zero attached hydrogens (tertiary/aromatic N) is 1. The number of carbonyl (C=O) groups excluding carboxylic acids is 3. The maximum absolute atomic E-state index is 15.3. The van der Waals surface area contributed by atoms with E-state index in [-0.39, 0.29) is 30.4 Å². The van der Waals surface area contributed by atoms with E-state index in [1.807, 2.05) is 30.3 Å². The van der Waals surface area contributed by atoms with Gasteiger partial charge >= 0.3 is 23.7 Å². The van der Waals surface area contributed by atoms with Crippen molar-refractivity contribution >= 4 is 75.0 Å². The number of rotatable bonds is 8. The fourth-order valence-corrected chi connectivity index (χ4v) is 8.99. The molecule has 2 amide bonds. The van der Waals surface area contributed by atoms with Gasteiger partial charge in [0.15, 0.2) is 0 Å². The van der Waals surface area contributed by atoms with Gasteiger partial charge in [-0.15, -0.1) is 22.7 Å². The van der Waals surface area contributed by atoms with Crippen LogP contribution in [0.4, 0.5) is 32.0 Å². The van der Waals surface area contributed by atoms with Crippen molar-refractivity contribution < 1.29 is 50.2 Å². The minimum atomic E-state index is -5.78. The third-order valence-electron chi connectivity index (χ3n) is 9.41. The number of benzene rings is 2. The number of hydrogen-bond acceptors (Lipinski definition) is 7. The first-order chi connectivity index (χ1) is 25.0. The van der Waals surface area contributed by atoms with Gasteiger partial charge < -0.3 is 9.47 Å². The second-order valence-electron chi connectivity index (χ2n) is 12.5. The van der Waals surface area contributed by atoms with Crippen molar-refractivity contribution in [3.05, 3.63) is 121 Å². The van der Waals surface area contributed by atoms with Crippen molar-refractivity contribution in [1.82, 2.24) is 0 Å². The fraction of sp³-hybridized carbons (Fsp3) is 0.237. The number of imide groups is 1. The topological polar surface area (TPSA) is 72.9 Å². The van der Waals surface area contributed by atoms with Crippen LogP contribution in [0.2, 0.25) is 4.34 Å². The number of carbonyl (C=O) groups is 3. The molecule has 7 rings (SSSR count). The van der Waals surface area contributed by atoms with Crippen molar-refractivity contribution in [2.24, 2.45) is 11.8 Å². The van der Waals surface area contributed by atoms with Gasteiger partial charge in [-0.25, -0.2) is 9.69 Å². The van der Waals surface area contributed by atoms with Crippen LogP contribution in [0.1, 0.15) is 36.1 Å². The maximum Gasteiger partial charge on any atom is 0.380 e. The number of fused-ring (bicyclic) bond motifs is 1. The number of halogens is 7. The Kier molecular flexibility index (Phi) is 9.12. The van der Waals surface area contributed by atoms with Crippen LogP contribution in [0.5, 0.6) is 5.75 Å². The Balaban J connectivity index is 1.13. The average molecular weight is 789 g/mol. The Hall–Kier alpha value is -4.50. The van der Waals surface area contributed by atoms with Gasteiger partial charge in [0.05, 0.1) is 34.1 Å². The molecule has 4 unspecified atom stereocenters. The van der Waals surface area contributed by atoms with E-state index >= 15 is 17.6 Å². The molecule has 15 heteroatoms. The number of amides is 2. The van der Waals surface area contributed by atoms with E-state index in [1.165, 1.54) is 44.2 Å². The predicted octanol–water partition coefficient (Wildman–Crippen LogP) is 9.70. The van der Waals surface area contributed by atoms with Crippen LogP contribution in [-0.2, 0) is 14.3 Å². The van der Waals surface area contributed by atoms with Crippen LogP contribution in [0.3, 0.4) is 0 Å². The molecule has 3 aliphatic rings. The van der Waals surface area contributed by atoms with Gasteiger partial charge in [-0.3, -0.25) is 9.59 Å². The van der Waals surface area contributed by atoms with Crippen LogP contribution in [-0.4, -0.2) is 47.8 Å². The lowest BCUT2D eigenvalue weighted by atomic mass is 9.89. The summed E-state index contributed by atoms with van der Waals surface area (Å²) in [4.78, 5) is 40.9. The Morgan fingerprint density at radius 1 is 0.849 bits per heavy atom. The van der Waals surface area contributed by atoms with Crippen molar-refractivity contribution in [3.63, 3.8) is 0 Å². The zero-order valence-electron chi connectivity index (χ0n) is 27.4. The number of aryl methyl sites for hydroxylation is 2. The van der Waals surface area contributed by atoms with E-state index in [4.69, 9.17) is 27.7 Å². The Morgan fingerprint density at radius 2 is 1.42 bits per heavy atom. The molecule has 2 aromatic heterocycles. The van der Waals surface area contributed by atoms with Crippen molar-refractivity contribution in [3.8, 4) is 5.75 Å². The van der Waals surface area contributed by atoms with Gasteiger partial charge in [-0.1, -0.05) is 66.7 Å². The van der Waals surface area contributed by atoms with E-state index < -0.39 is 81.9 Å². The van der Waals surface area contributed by atoms with E-state index in [2.05, 4.69) is 0 Å². The molecular formula is C38H25ClF6NO5S2. The first-order valence-corrected chi connectivity index (χ1v) is 17.9. The quantitative estimate of drug-likeness (QED) is 0.0770. The molecule has 0 N–H and O–H groups in total. The number of esters is 1. The molecule has 6 nitrogen and oxygen atoms in total. The van der Waals surface area contributed by atoms with Gasteiger partial charge in [0.25, 0.3) is 0 Å².